The van der Waals surface area contributed by atoms with Gasteiger partial charge >= 0.3 is 5.97 Å². The second kappa shape index (κ2) is 7.49. The predicted molar refractivity (Wildman–Crippen MR) is 84.9 cm³/mol. The minimum atomic E-state index is -0.166. The van der Waals surface area contributed by atoms with Crippen LogP contribution in [-0.2, 0) is 14.3 Å². The highest BCUT2D eigenvalue weighted by molar-refractivity contribution is 5.81. The zero-order valence-electron chi connectivity index (χ0n) is 13.3. The van der Waals surface area contributed by atoms with E-state index in [2.05, 4.69) is 0 Å². The first-order valence-corrected chi connectivity index (χ1v) is 8.37. The average Bonchev–Trinajstić information content (AvgIpc) is 3.44. The van der Waals surface area contributed by atoms with E-state index in [1.807, 2.05) is 35.2 Å². The molecule has 2 fully saturated rings. The summed E-state index contributed by atoms with van der Waals surface area (Å²) in [6.07, 6.45) is 3.47. The molecule has 1 aromatic carbocycles. The Morgan fingerprint density at radius 2 is 1.65 bits per heavy atom. The van der Waals surface area contributed by atoms with E-state index in [0.717, 1.165) is 18.6 Å². The van der Waals surface area contributed by atoms with Crippen molar-refractivity contribution in [3.63, 3.8) is 0 Å². The Kier molecular flexibility index (Phi) is 5.16. The first-order chi connectivity index (χ1) is 11.2. The van der Waals surface area contributed by atoms with Gasteiger partial charge in [0, 0.05) is 19.0 Å². The van der Waals surface area contributed by atoms with Gasteiger partial charge in [-0.3, -0.25) is 9.59 Å². The molecule has 1 heterocycles. The summed E-state index contributed by atoms with van der Waals surface area (Å²) in [6.45, 7) is 1.97. The first kappa shape index (κ1) is 15.8. The summed E-state index contributed by atoms with van der Waals surface area (Å²) in [5.74, 6) is 1.05. The summed E-state index contributed by atoms with van der Waals surface area (Å²) in [7, 11) is 0. The maximum Gasteiger partial charge on any atom is 0.309 e. The van der Waals surface area contributed by atoms with Crippen molar-refractivity contribution in [2.75, 3.05) is 26.3 Å². The zero-order valence-corrected chi connectivity index (χ0v) is 13.3. The van der Waals surface area contributed by atoms with E-state index in [4.69, 9.17) is 9.47 Å². The van der Waals surface area contributed by atoms with Crippen LogP contribution in [0.5, 0.6) is 5.75 Å². The van der Waals surface area contributed by atoms with E-state index in [1.165, 1.54) is 0 Å². The number of benzene rings is 1. The molecule has 23 heavy (non-hydrogen) atoms. The summed E-state index contributed by atoms with van der Waals surface area (Å²) in [6, 6.07) is 9.46. The number of ether oxygens (including phenoxy) is 2. The number of carbonyl (C=O) groups is 2. The topological polar surface area (TPSA) is 55.8 Å². The Morgan fingerprint density at radius 1 is 0.957 bits per heavy atom. The fraction of sp³-hybridized carbons (Fsp3) is 0.556. The largest absolute Gasteiger partial charge is 0.490 e. The Labute approximate surface area is 136 Å². The van der Waals surface area contributed by atoms with Crippen molar-refractivity contribution in [2.45, 2.75) is 25.7 Å². The highest BCUT2D eigenvalue weighted by Crippen LogP contribution is 2.32. The number of amides is 1. The van der Waals surface area contributed by atoms with Crippen molar-refractivity contribution in [3.8, 4) is 5.75 Å². The van der Waals surface area contributed by atoms with Crippen molar-refractivity contribution in [2.24, 2.45) is 11.8 Å². The smallest absolute Gasteiger partial charge is 0.309 e. The van der Waals surface area contributed by atoms with E-state index < -0.39 is 0 Å². The fourth-order valence-corrected chi connectivity index (χ4v) is 2.86. The maximum atomic E-state index is 12.1. The van der Waals surface area contributed by atoms with Crippen LogP contribution in [0.25, 0.3) is 0 Å². The van der Waals surface area contributed by atoms with E-state index in [-0.39, 0.29) is 30.3 Å². The Balaban J connectivity index is 1.32. The van der Waals surface area contributed by atoms with E-state index >= 15 is 0 Å². The van der Waals surface area contributed by atoms with Crippen LogP contribution in [-0.4, -0.2) is 43.1 Å². The van der Waals surface area contributed by atoms with Crippen LogP contribution in [0.1, 0.15) is 25.7 Å². The van der Waals surface area contributed by atoms with Gasteiger partial charge in [-0.1, -0.05) is 18.2 Å². The molecule has 1 saturated carbocycles. The highest BCUT2D eigenvalue weighted by Gasteiger charge is 2.36. The van der Waals surface area contributed by atoms with E-state index in [0.29, 0.717) is 32.5 Å². The summed E-state index contributed by atoms with van der Waals surface area (Å²) in [4.78, 5) is 25.9. The number of hydrogen-bond acceptors (Lipinski definition) is 4. The molecule has 0 spiro atoms. The van der Waals surface area contributed by atoms with Crippen molar-refractivity contribution >= 4 is 11.9 Å². The molecular formula is C18H23NO4. The van der Waals surface area contributed by atoms with Crippen LogP contribution >= 0.6 is 0 Å². The molecular weight excluding hydrogens is 294 g/mol. The lowest BCUT2D eigenvalue weighted by Gasteiger charge is -2.31. The normalized spacial score (nSPS) is 18.5. The monoisotopic (exact) mass is 317 g/mol. The minimum absolute atomic E-state index is 0.0880. The van der Waals surface area contributed by atoms with Crippen LogP contribution in [0.2, 0.25) is 0 Å². The summed E-state index contributed by atoms with van der Waals surface area (Å²) >= 11 is 0. The minimum Gasteiger partial charge on any atom is -0.490 e. The molecule has 0 unspecified atom stereocenters. The van der Waals surface area contributed by atoms with Crippen LogP contribution in [0, 0.1) is 11.8 Å². The third-order valence-electron chi connectivity index (χ3n) is 4.41. The third kappa shape index (κ3) is 4.47. The molecule has 5 nitrogen and oxygen atoms in total. The van der Waals surface area contributed by atoms with Gasteiger partial charge in [-0.2, -0.15) is 0 Å². The van der Waals surface area contributed by atoms with Gasteiger partial charge < -0.3 is 14.4 Å². The van der Waals surface area contributed by atoms with Gasteiger partial charge in [-0.25, -0.2) is 0 Å². The van der Waals surface area contributed by atoms with Crippen LogP contribution in [0.15, 0.2) is 30.3 Å². The molecule has 0 atom stereocenters. The number of para-hydroxylation sites is 1. The quantitative estimate of drug-likeness (QED) is 0.596. The zero-order chi connectivity index (χ0) is 16.1. The molecule has 5 heteroatoms. The first-order valence-electron chi connectivity index (χ1n) is 8.37. The Morgan fingerprint density at radius 3 is 2.30 bits per heavy atom. The fourth-order valence-electron chi connectivity index (χ4n) is 2.86. The molecule has 1 saturated heterocycles. The van der Waals surface area contributed by atoms with Gasteiger partial charge in [0.25, 0.3) is 0 Å². The molecule has 1 aliphatic heterocycles. The number of carbonyl (C=O) groups excluding carboxylic acids is 2. The molecule has 1 aliphatic carbocycles. The van der Waals surface area contributed by atoms with Gasteiger partial charge in [0.2, 0.25) is 5.91 Å². The molecule has 1 aromatic rings. The van der Waals surface area contributed by atoms with E-state index in [1.54, 1.807) is 0 Å². The van der Waals surface area contributed by atoms with Gasteiger partial charge in [0.15, 0.2) is 0 Å². The van der Waals surface area contributed by atoms with Crippen LogP contribution in [0.4, 0.5) is 0 Å². The van der Waals surface area contributed by atoms with Gasteiger partial charge in [0.05, 0.1) is 5.92 Å². The van der Waals surface area contributed by atoms with Gasteiger partial charge in [-0.05, 0) is 37.8 Å². The Hall–Kier alpha value is -2.04. The predicted octanol–water partition coefficient (Wildman–Crippen LogP) is 2.26. The molecule has 0 N–H and O–H groups in total. The van der Waals surface area contributed by atoms with Crippen LogP contribution in [0.3, 0.4) is 0 Å². The summed E-state index contributed by atoms with van der Waals surface area (Å²) < 4.78 is 10.8. The number of piperidine rings is 1. The van der Waals surface area contributed by atoms with Gasteiger partial charge in [0.1, 0.15) is 19.0 Å². The lowest BCUT2D eigenvalue weighted by atomic mass is 9.97. The van der Waals surface area contributed by atoms with Gasteiger partial charge in [-0.15, -0.1) is 0 Å². The molecule has 124 valence electrons. The maximum absolute atomic E-state index is 12.1. The van der Waals surface area contributed by atoms with Crippen molar-refractivity contribution < 1.29 is 19.1 Å². The molecule has 0 aromatic heterocycles. The van der Waals surface area contributed by atoms with Crippen molar-refractivity contribution in [3.05, 3.63) is 30.3 Å². The number of esters is 1. The summed E-state index contributed by atoms with van der Waals surface area (Å²) in [5.41, 5.74) is 0. The average molecular weight is 317 g/mol. The number of rotatable bonds is 6. The SMILES string of the molecule is O=C(OCCOc1ccccc1)C1CCN(C(=O)C2CC2)CC1. The van der Waals surface area contributed by atoms with Crippen LogP contribution < -0.4 is 4.74 Å². The lowest BCUT2D eigenvalue weighted by Crippen LogP contribution is -2.41. The molecule has 1 amide bonds. The number of likely N-dealkylation sites (tertiary alicyclic amines) is 1. The lowest BCUT2D eigenvalue weighted by molar-refractivity contribution is -0.152. The van der Waals surface area contributed by atoms with Crippen molar-refractivity contribution in [1.29, 1.82) is 0 Å². The molecule has 2 aliphatic rings. The molecule has 0 bridgehead atoms. The summed E-state index contributed by atoms with van der Waals surface area (Å²) in [5, 5.41) is 0. The molecule has 3 rings (SSSR count). The number of nitrogens with zero attached hydrogens (tertiary/aromatic N) is 1. The highest BCUT2D eigenvalue weighted by atomic mass is 16.6. The number of hydrogen-bond donors (Lipinski definition) is 0. The molecule has 0 radical (unpaired) electrons. The second-order valence-corrected chi connectivity index (χ2v) is 6.20. The standard InChI is InChI=1S/C18H23NO4/c20-17(14-6-7-14)19-10-8-15(9-11-19)18(21)23-13-12-22-16-4-2-1-3-5-16/h1-5,14-15H,6-13H2. The van der Waals surface area contributed by atoms with Crippen molar-refractivity contribution in [1.82, 2.24) is 4.90 Å². The second-order valence-electron chi connectivity index (χ2n) is 6.20. The Bertz CT molecular complexity index is 533. The van der Waals surface area contributed by atoms with E-state index in [9.17, 15) is 9.59 Å². The third-order valence-corrected chi connectivity index (χ3v) is 4.41.